The van der Waals surface area contributed by atoms with Gasteiger partial charge in [-0.1, -0.05) is 5.10 Å². The van der Waals surface area contributed by atoms with Gasteiger partial charge in [0.2, 0.25) is 23.6 Å². The summed E-state index contributed by atoms with van der Waals surface area (Å²) in [6.45, 7) is -0.383. The summed E-state index contributed by atoms with van der Waals surface area (Å²) in [5.74, 6) is -0.154. The maximum absolute atomic E-state index is 12.0. The van der Waals surface area contributed by atoms with E-state index in [-0.39, 0.29) is 43.1 Å². The van der Waals surface area contributed by atoms with Crippen molar-refractivity contribution in [3.63, 3.8) is 0 Å². The number of anilines is 1. The predicted molar refractivity (Wildman–Crippen MR) is 87.4 cm³/mol. The molecule has 10 nitrogen and oxygen atoms in total. The second kappa shape index (κ2) is 7.21. The van der Waals surface area contributed by atoms with Gasteiger partial charge in [0.1, 0.15) is 6.54 Å². The van der Waals surface area contributed by atoms with Crippen molar-refractivity contribution in [2.45, 2.75) is 12.8 Å². The quantitative estimate of drug-likeness (QED) is 0.752. The Bertz CT molecular complexity index is 846. The van der Waals surface area contributed by atoms with Crippen molar-refractivity contribution in [1.29, 1.82) is 0 Å². The number of hydrogen-bond acceptors (Lipinski definition) is 8. The molecule has 136 valence electrons. The van der Waals surface area contributed by atoms with Gasteiger partial charge in [0.05, 0.1) is 14.2 Å². The minimum absolute atomic E-state index is 0.121. The van der Waals surface area contributed by atoms with Gasteiger partial charge in [0, 0.05) is 18.4 Å². The van der Waals surface area contributed by atoms with Crippen molar-refractivity contribution in [3.05, 3.63) is 18.2 Å². The summed E-state index contributed by atoms with van der Waals surface area (Å²) < 4.78 is 15.8. The van der Waals surface area contributed by atoms with E-state index < -0.39 is 5.91 Å². The Balaban J connectivity index is 1.69. The van der Waals surface area contributed by atoms with E-state index in [0.29, 0.717) is 17.1 Å². The van der Waals surface area contributed by atoms with Crippen LogP contribution in [0.2, 0.25) is 0 Å². The van der Waals surface area contributed by atoms with Crippen molar-refractivity contribution in [1.82, 2.24) is 15.1 Å². The molecule has 1 saturated heterocycles. The lowest BCUT2D eigenvalue weighted by Crippen LogP contribution is -2.36. The third-order valence-electron chi connectivity index (χ3n) is 3.76. The van der Waals surface area contributed by atoms with E-state index in [4.69, 9.17) is 13.9 Å². The van der Waals surface area contributed by atoms with Gasteiger partial charge in [-0.05, 0) is 18.2 Å². The summed E-state index contributed by atoms with van der Waals surface area (Å²) in [7, 11) is 3.02. The molecule has 2 heterocycles. The molecule has 2 aromatic rings. The van der Waals surface area contributed by atoms with Gasteiger partial charge in [-0.25, -0.2) is 0 Å². The van der Waals surface area contributed by atoms with Gasteiger partial charge in [-0.3, -0.25) is 24.6 Å². The third-order valence-corrected chi connectivity index (χ3v) is 3.76. The highest BCUT2D eigenvalue weighted by Crippen LogP contribution is 2.32. The lowest BCUT2D eigenvalue weighted by Gasteiger charge is -2.11. The predicted octanol–water partition coefficient (Wildman–Crippen LogP) is 0.841. The Kier molecular flexibility index (Phi) is 4.83. The molecule has 1 aromatic carbocycles. The Morgan fingerprint density at radius 2 is 1.85 bits per heavy atom. The Morgan fingerprint density at radius 1 is 1.15 bits per heavy atom. The molecule has 1 aliphatic rings. The number of carbonyl (C=O) groups is 3. The van der Waals surface area contributed by atoms with Gasteiger partial charge in [-0.15, -0.1) is 5.10 Å². The highest BCUT2D eigenvalue weighted by molar-refractivity contribution is 6.05. The zero-order valence-electron chi connectivity index (χ0n) is 14.1. The van der Waals surface area contributed by atoms with Crippen molar-refractivity contribution in [2.24, 2.45) is 0 Å². The summed E-state index contributed by atoms with van der Waals surface area (Å²) in [6, 6.07) is 4.89. The molecular weight excluding hydrogens is 344 g/mol. The number of amides is 3. The summed E-state index contributed by atoms with van der Waals surface area (Å²) in [5, 5.41) is 9.96. The van der Waals surface area contributed by atoms with E-state index in [1.165, 1.54) is 14.2 Å². The summed E-state index contributed by atoms with van der Waals surface area (Å²) in [6.07, 6.45) is 0.242. The first-order valence-electron chi connectivity index (χ1n) is 7.70. The number of benzene rings is 1. The number of imide groups is 1. The van der Waals surface area contributed by atoms with E-state index in [0.717, 1.165) is 4.90 Å². The van der Waals surface area contributed by atoms with Crippen LogP contribution in [-0.4, -0.2) is 53.6 Å². The lowest BCUT2D eigenvalue weighted by atomic mass is 10.2. The SMILES string of the molecule is COc1ccc(-c2nnc(NC(=O)CN3C(=O)CCC3=O)o2)cc1OC. The van der Waals surface area contributed by atoms with Crippen LogP contribution in [0.15, 0.2) is 22.6 Å². The molecule has 1 aromatic heterocycles. The average Bonchev–Trinajstić information content (AvgIpc) is 3.23. The molecule has 0 atom stereocenters. The normalized spacial score (nSPS) is 13.8. The van der Waals surface area contributed by atoms with E-state index in [1.54, 1.807) is 18.2 Å². The Hall–Kier alpha value is -3.43. The smallest absolute Gasteiger partial charge is 0.322 e. The minimum atomic E-state index is -0.601. The molecule has 10 heteroatoms. The zero-order valence-corrected chi connectivity index (χ0v) is 14.1. The summed E-state index contributed by atoms with van der Waals surface area (Å²) in [4.78, 5) is 35.9. The number of likely N-dealkylation sites (tertiary alicyclic amines) is 1. The monoisotopic (exact) mass is 360 g/mol. The van der Waals surface area contributed by atoms with Crippen LogP contribution in [0.3, 0.4) is 0 Å². The number of rotatable bonds is 6. The first-order valence-corrected chi connectivity index (χ1v) is 7.70. The van der Waals surface area contributed by atoms with E-state index in [2.05, 4.69) is 15.5 Å². The van der Waals surface area contributed by atoms with Crippen molar-refractivity contribution >= 4 is 23.7 Å². The first kappa shape index (κ1) is 17.4. The van der Waals surface area contributed by atoms with Crippen LogP contribution in [0.4, 0.5) is 6.01 Å². The second-order valence-electron chi connectivity index (χ2n) is 5.40. The fourth-order valence-corrected chi connectivity index (χ4v) is 2.46. The minimum Gasteiger partial charge on any atom is -0.493 e. The number of methoxy groups -OCH3 is 2. The van der Waals surface area contributed by atoms with Crippen LogP contribution in [-0.2, 0) is 14.4 Å². The molecule has 26 heavy (non-hydrogen) atoms. The van der Waals surface area contributed by atoms with Crippen LogP contribution in [0.1, 0.15) is 12.8 Å². The molecule has 1 fully saturated rings. The fourth-order valence-electron chi connectivity index (χ4n) is 2.46. The highest BCUT2D eigenvalue weighted by atomic mass is 16.5. The molecule has 0 radical (unpaired) electrons. The molecule has 0 unspecified atom stereocenters. The number of nitrogens with one attached hydrogen (secondary N) is 1. The maximum atomic E-state index is 12.0. The highest BCUT2D eigenvalue weighted by Gasteiger charge is 2.30. The number of nitrogens with zero attached hydrogens (tertiary/aromatic N) is 3. The molecule has 1 N–H and O–H groups in total. The average molecular weight is 360 g/mol. The van der Waals surface area contributed by atoms with Crippen LogP contribution >= 0.6 is 0 Å². The molecule has 0 saturated carbocycles. The molecular formula is C16H16N4O6. The first-order chi connectivity index (χ1) is 12.5. The van der Waals surface area contributed by atoms with Crippen LogP contribution in [0, 0.1) is 0 Å². The third kappa shape index (κ3) is 3.48. The van der Waals surface area contributed by atoms with Gasteiger partial charge in [0.25, 0.3) is 0 Å². The molecule has 0 aliphatic carbocycles. The van der Waals surface area contributed by atoms with Gasteiger partial charge in [-0.2, -0.15) is 0 Å². The topological polar surface area (TPSA) is 124 Å². The largest absolute Gasteiger partial charge is 0.493 e. The van der Waals surface area contributed by atoms with Crippen molar-refractivity contribution in [2.75, 3.05) is 26.1 Å². The number of hydrogen-bond donors (Lipinski definition) is 1. The lowest BCUT2D eigenvalue weighted by molar-refractivity contribution is -0.141. The molecule has 3 rings (SSSR count). The van der Waals surface area contributed by atoms with E-state index in [9.17, 15) is 14.4 Å². The molecule has 3 amide bonds. The van der Waals surface area contributed by atoms with Crippen LogP contribution < -0.4 is 14.8 Å². The van der Waals surface area contributed by atoms with E-state index in [1.807, 2.05) is 0 Å². The van der Waals surface area contributed by atoms with Gasteiger partial charge >= 0.3 is 6.01 Å². The Morgan fingerprint density at radius 3 is 2.50 bits per heavy atom. The number of carbonyl (C=O) groups excluding carboxylic acids is 3. The van der Waals surface area contributed by atoms with Crippen molar-refractivity contribution in [3.8, 4) is 23.0 Å². The number of ether oxygens (including phenoxy) is 2. The molecule has 0 bridgehead atoms. The maximum Gasteiger partial charge on any atom is 0.322 e. The summed E-state index contributed by atoms with van der Waals surface area (Å²) in [5.41, 5.74) is 0.570. The van der Waals surface area contributed by atoms with Gasteiger partial charge < -0.3 is 13.9 Å². The van der Waals surface area contributed by atoms with Crippen LogP contribution in [0.5, 0.6) is 11.5 Å². The van der Waals surface area contributed by atoms with E-state index >= 15 is 0 Å². The second-order valence-corrected chi connectivity index (χ2v) is 5.40. The Labute approximate surface area is 148 Å². The number of aromatic nitrogens is 2. The zero-order chi connectivity index (χ0) is 18.7. The van der Waals surface area contributed by atoms with Gasteiger partial charge in [0.15, 0.2) is 11.5 Å². The van der Waals surface area contributed by atoms with Crippen molar-refractivity contribution < 1.29 is 28.3 Å². The molecule has 1 aliphatic heterocycles. The fraction of sp³-hybridized carbons (Fsp3) is 0.312. The molecule has 0 spiro atoms. The summed E-state index contributed by atoms with van der Waals surface area (Å²) >= 11 is 0. The standard InChI is InChI=1S/C16H16N4O6/c1-24-10-4-3-9(7-11(10)25-2)15-18-19-16(26-15)17-12(21)8-20-13(22)5-6-14(20)23/h3-4,7H,5-6,8H2,1-2H3,(H,17,19,21). The van der Waals surface area contributed by atoms with Crippen LogP contribution in [0.25, 0.3) is 11.5 Å².